The number of rotatable bonds is 5. The molecule has 2 amide bonds. The van der Waals surface area contributed by atoms with Crippen molar-refractivity contribution in [2.45, 2.75) is 18.3 Å². The van der Waals surface area contributed by atoms with Gasteiger partial charge in [0.05, 0.1) is 0 Å². The molecule has 0 aliphatic carbocycles. The Kier molecular flexibility index (Phi) is 4.93. The highest BCUT2D eigenvalue weighted by Crippen LogP contribution is 2.41. The van der Waals surface area contributed by atoms with Crippen LogP contribution in [0.1, 0.15) is 12.6 Å². The van der Waals surface area contributed by atoms with E-state index < -0.39 is 29.2 Å². The second-order valence-corrected chi connectivity index (χ2v) is 7.79. The summed E-state index contributed by atoms with van der Waals surface area (Å²) in [4.78, 5) is 41.5. The molecule has 142 valence electrons. The standard InChI is InChI=1S/C15H15N5O5S2/c1-5(2)6-3-26-13-9(12(22)20(13)10(6)14(23)24)18-11(21)8(19-25)7-4-27-15(16)17-7/h4,9,13,25H,1,3H2,2H3,(H2,16,17)(H,18,21)(H,23,24)/b19-8-/t9-,13-/m1/s1. The van der Waals surface area contributed by atoms with Gasteiger partial charge >= 0.3 is 5.97 Å². The number of carbonyl (C=O) groups is 3. The van der Waals surface area contributed by atoms with Crippen LogP contribution in [0.2, 0.25) is 0 Å². The van der Waals surface area contributed by atoms with Crippen LogP contribution in [-0.2, 0) is 14.4 Å². The number of hydrogen-bond acceptors (Lipinski definition) is 9. The van der Waals surface area contributed by atoms with Crippen molar-refractivity contribution in [3.8, 4) is 0 Å². The summed E-state index contributed by atoms with van der Waals surface area (Å²) in [6.45, 7) is 5.43. The normalized spacial score (nSPS) is 22.2. The second kappa shape index (κ2) is 7.04. The molecule has 2 aliphatic rings. The average molecular weight is 409 g/mol. The summed E-state index contributed by atoms with van der Waals surface area (Å²) in [5.74, 6) is -2.26. The zero-order valence-electron chi connectivity index (χ0n) is 14.0. The molecule has 0 saturated carbocycles. The average Bonchev–Trinajstić information content (AvgIpc) is 3.04. The number of allylic oxidation sites excluding steroid dienone is 1. The number of aliphatic carboxylic acids is 1. The Labute approximate surface area is 161 Å². The number of aromatic nitrogens is 1. The predicted molar refractivity (Wildman–Crippen MR) is 99.3 cm³/mol. The van der Waals surface area contributed by atoms with Gasteiger partial charge in [0.25, 0.3) is 11.8 Å². The van der Waals surface area contributed by atoms with E-state index in [1.807, 2.05) is 0 Å². The molecule has 27 heavy (non-hydrogen) atoms. The van der Waals surface area contributed by atoms with Gasteiger partial charge in [0.2, 0.25) is 0 Å². The van der Waals surface area contributed by atoms with E-state index in [1.165, 1.54) is 17.1 Å². The first-order valence-electron chi connectivity index (χ1n) is 7.57. The van der Waals surface area contributed by atoms with Crippen molar-refractivity contribution in [2.75, 3.05) is 11.5 Å². The van der Waals surface area contributed by atoms with Crippen molar-refractivity contribution < 1.29 is 24.7 Å². The van der Waals surface area contributed by atoms with Gasteiger partial charge in [-0.15, -0.1) is 23.1 Å². The molecular weight excluding hydrogens is 394 g/mol. The summed E-state index contributed by atoms with van der Waals surface area (Å²) in [6, 6.07) is -0.948. The number of carbonyl (C=O) groups excluding carboxylic acids is 2. The van der Waals surface area contributed by atoms with Gasteiger partial charge in [-0.1, -0.05) is 17.3 Å². The van der Waals surface area contributed by atoms with Gasteiger partial charge in [0.15, 0.2) is 10.8 Å². The number of carboxylic acid groups (broad SMARTS) is 1. The third-order valence-corrected chi connectivity index (χ3v) is 6.01. The molecule has 2 atom stereocenters. The van der Waals surface area contributed by atoms with Crippen molar-refractivity contribution in [2.24, 2.45) is 5.16 Å². The van der Waals surface area contributed by atoms with Crippen LogP contribution >= 0.6 is 23.1 Å². The fourth-order valence-corrected chi connectivity index (χ4v) is 4.77. The zero-order valence-corrected chi connectivity index (χ0v) is 15.6. The highest BCUT2D eigenvalue weighted by molar-refractivity contribution is 8.00. The molecule has 1 aromatic rings. The first kappa shape index (κ1) is 18.9. The van der Waals surface area contributed by atoms with Gasteiger partial charge in [-0.25, -0.2) is 9.78 Å². The Morgan fingerprint density at radius 2 is 2.22 bits per heavy atom. The minimum atomic E-state index is -1.23. The first-order chi connectivity index (χ1) is 12.8. The number of β-lactam (4-membered cyclic amide) rings is 1. The Hall–Kier alpha value is -2.86. The smallest absolute Gasteiger partial charge is 0.352 e. The maximum atomic E-state index is 12.5. The van der Waals surface area contributed by atoms with E-state index in [4.69, 9.17) is 10.9 Å². The van der Waals surface area contributed by atoms with Gasteiger partial charge in [0.1, 0.15) is 22.8 Å². The van der Waals surface area contributed by atoms with E-state index >= 15 is 0 Å². The Morgan fingerprint density at radius 1 is 1.52 bits per heavy atom. The summed E-state index contributed by atoms with van der Waals surface area (Å²) < 4.78 is 0. The van der Waals surface area contributed by atoms with Crippen LogP contribution in [0.4, 0.5) is 5.13 Å². The van der Waals surface area contributed by atoms with Gasteiger partial charge in [-0.05, 0) is 12.5 Å². The number of nitrogens with two attached hydrogens (primary N) is 1. The number of hydrogen-bond donors (Lipinski definition) is 4. The molecule has 0 radical (unpaired) electrons. The molecule has 0 unspecified atom stereocenters. The number of fused-ring (bicyclic) bond motifs is 1. The third kappa shape index (κ3) is 3.17. The number of thiazole rings is 1. The molecule has 1 saturated heterocycles. The fourth-order valence-electron chi connectivity index (χ4n) is 2.76. The molecule has 3 rings (SSSR count). The highest BCUT2D eigenvalue weighted by atomic mass is 32.2. The summed E-state index contributed by atoms with van der Waals surface area (Å²) in [5, 5.41) is 25.1. The zero-order chi connectivity index (χ0) is 19.9. The van der Waals surface area contributed by atoms with Crippen LogP contribution in [0.25, 0.3) is 0 Å². The van der Waals surface area contributed by atoms with E-state index in [2.05, 4.69) is 22.0 Å². The number of amides is 2. The minimum absolute atomic E-state index is 0.0770. The van der Waals surface area contributed by atoms with Crippen molar-refractivity contribution in [1.82, 2.24) is 15.2 Å². The lowest BCUT2D eigenvalue weighted by atomic mass is 10.00. The number of nitrogens with zero attached hydrogens (tertiary/aromatic N) is 3. The number of anilines is 1. The topological polar surface area (TPSA) is 158 Å². The molecular formula is C15H15N5O5S2. The van der Waals surface area contributed by atoms with Crippen LogP contribution in [0.3, 0.4) is 0 Å². The third-order valence-electron chi connectivity index (χ3n) is 4.05. The lowest BCUT2D eigenvalue weighted by Crippen LogP contribution is -2.71. The quantitative estimate of drug-likeness (QED) is 0.233. The molecule has 5 N–H and O–H groups in total. The van der Waals surface area contributed by atoms with Crippen molar-refractivity contribution in [3.05, 3.63) is 34.5 Å². The van der Waals surface area contributed by atoms with Crippen LogP contribution in [-0.4, -0.2) is 60.9 Å². The molecule has 3 heterocycles. The van der Waals surface area contributed by atoms with Crippen molar-refractivity contribution in [1.29, 1.82) is 0 Å². The Bertz CT molecular complexity index is 921. The monoisotopic (exact) mass is 409 g/mol. The fraction of sp³-hybridized carbons (Fsp3) is 0.267. The van der Waals surface area contributed by atoms with Crippen molar-refractivity contribution in [3.63, 3.8) is 0 Å². The maximum Gasteiger partial charge on any atom is 0.352 e. The van der Waals surface area contributed by atoms with Crippen LogP contribution in [0.15, 0.2) is 34.0 Å². The largest absolute Gasteiger partial charge is 0.477 e. The van der Waals surface area contributed by atoms with Crippen molar-refractivity contribution >= 4 is 51.7 Å². The number of carboxylic acids is 1. The van der Waals surface area contributed by atoms with Crippen LogP contribution in [0.5, 0.6) is 0 Å². The molecule has 1 aromatic heterocycles. The molecule has 12 heteroatoms. The Balaban J connectivity index is 1.80. The second-order valence-electron chi connectivity index (χ2n) is 5.79. The van der Waals surface area contributed by atoms with Crippen LogP contribution in [0, 0.1) is 0 Å². The van der Waals surface area contributed by atoms with E-state index in [-0.39, 0.29) is 22.2 Å². The van der Waals surface area contributed by atoms with E-state index in [0.717, 1.165) is 16.2 Å². The van der Waals surface area contributed by atoms with E-state index in [0.29, 0.717) is 16.9 Å². The Morgan fingerprint density at radius 3 is 2.74 bits per heavy atom. The molecule has 1 fully saturated rings. The van der Waals surface area contributed by atoms with Gasteiger partial charge in [0, 0.05) is 11.1 Å². The first-order valence-corrected chi connectivity index (χ1v) is 9.50. The number of oxime groups is 1. The molecule has 0 bridgehead atoms. The van der Waals surface area contributed by atoms with E-state index in [9.17, 15) is 19.5 Å². The number of thioether (sulfide) groups is 1. The van der Waals surface area contributed by atoms with Gasteiger partial charge < -0.3 is 21.4 Å². The SMILES string of the molecule is C=C(C)C1=C(C(=O)O)N2C(=O)[C@@H](NC(=O)/C(=N\O)c3csc(N)n3)[C@H]2SC1. The number of nitrogen functional groups attached to an aromatic ring is 1. The molecule has 10 nitrogen and oxygen atoms in total. The summed E-state index contributed by atoms with van der Waals surface area (Å²) >= 11 is 2.38. The summed E-state index contributed by atoms with van der Waals surface area (Å²) in [5.41, 5.74) is 6.13. The van der Waals surface area contributed by atoms with Gasteiger partial charge in [-0.2, -0.15) is 0 Å². The summed E-state index contributed by atoms with van der Waals surface area (Å²) in [6.07, 6.45) is 0. The highest BCUT2D eigenvalue weighted by Gasteiger charge is 2.54. The number of nitrogens with one attached hydrogen (secondary N) is 1. The predicted octanol–water partition coefficient (Wildman–Crippen LogP) is 0.218. The molecule has 0 aromatic carbocycles. The van der Waals surface area contributed by atoms with E-state index in [1.54, 1.807) is 6.92 Å². The van der Waals surface area contributed by atoms with Crippen LogP contribution < -0.4 is 11.1 Å². The van der Waals surface area contributed by atoms with Gasteiger partial charge in [-0.3, -0.25) is 14.5 Å². The minimum Gasteiger partial charge on any atom is -0.477 e. The lowest BCUT2D eigenvalue weighted by molar-refractivity contribution is -0.150. The molecule has 2 aliphatic heterocycles. The maximum absolute atomic E-state index is 12.5. The summed E-state index contributed by atoms with van der Waals surface area (Å²) in [7, 11) is 0. The molecule has 0 spiro atoms. The lowest BCUT2D eigenvalue weighted by Gasteiger charge is -2.49.